The van der Waals surface area contributed by atoms with Crippen LogP contribution in [-0.2, 0) is 70.4 Å². The van der Waals surface area contributed by atoms with E-state index in [0.29, 0.717) is 69.2 Å². The van der Waals surface area contributed by atoms with Gasteiger partial charge in [0.15, 0.2) is 11.9 Å². The topological polar surface area (TPSA) is 531 Å². The van der Waals surface area contributed by atoms with Gasteiger partial charge in [-0.05, 0) is 75.3 Å². The summed E-state index contributed by atoms with van der Waals surface area (Å²) in [4.78, 5) is 161. The van der Waals surface area contributed by atoms with Crippen LogP contribution in [0.25, 0.3) is 0 Å². The molecule has 5 rings (SSSR count). The molecule has 0 aliphatic carbocycles. The highest BCUT2D eigenvalue weighted by molar-refractivity contribution is 5.98. The van der Waals surface area contributed by atoms with Crippen molar-refractivity contribution < 1.29 is 83.1 Å². The molecule has 0 bridgehead atoms. The van der Waals surface area contributed by atoms with Crippen LogP contribution >= 0.6 is 0 Å². The van der Waals surface area contributed by atoms with Gasteiger partial charge in [0.2, 0.25) is 47.3 Å². The van der Waals surface area contributed by atoms with Crippen LogP contribution in [0, 0.1) is 0 Å². The molecule has 32 nitrogen and oxygen atoms in total. The first-order valence-corrected chi connectivity index (χ1v) is 28.3. The highest BCUT2D eigenvalue weighted by atomic mass is 16.4. The number of nitrogens with two attached hydrogens (primary N) is 5. The van der Waals surface area contributed by atoms with Crippen LogP contribution in [0.2, 0.25) is 0 Å². The maximum Gasteiger partial charge on any atom is 0.326 e. The second-order valence-corrected chi connectivity index (χ2v) is 20.6. The number of carboxylic acids is 4. The largest absolute Gasteiger partial charge is 0.481 e. The van der Waals surface area contributed by atoms with Crippen LogP contribution in [0.4, 0.5) is 0 Å². The van der Waals surface area contributed by atoms with Crippen LogP contribution < -0.4 is 55.3 Å². The third kappa shape index (κ3) is 27.7. The summed E-state index contributed by atoms with van der Waals surface area (Å²) in [6.07, 6.45) is 3.13. The minimum Gasteiger partial charge on any atom is -0.481 e. The summed E-state index contributed by atoms with van der Waals surface area (Å²) in [5, 5.41) is 55.5. The number of carboxylic acid groups (broad SMARTS) is 4. The maximum absolute atomic E-state index is 14.1. The van der Waals surface area contributed by atoms with Crippen molar-refractivity contribution >= 4 is 83.1 Å². The van der Waals surface area contributed by atoms with Crippen molar-refractivity contribution in [3.8, 4) is 0 Å². The number of amides is 8. The molecular weight excluding hydrogens is 1150 g/mol. The molecule has 0 aromatic heterocycles. The fraction of sp³-hybridized carbons (Fsp3) is 0.536. The number of carbonyl (C=O) groups excluding carboxylic acids is 8. The number of aliphatic carboxylic acids is 4. The lowest BCUT2D eigenvalue weighted by Crippen LogP contribution is -2.60. The summed E-state index contributed by atoms with van der Waals surface area (Å²) in [5.41, 5.74) is 29.0. The first-order valence-electron chi connectivity index (χ1n) is 28.3. The number of nitrogens with zero attached hydrogens (tertiary/aromatic N) is 5. The van der Waals surface area contributed by atoms with E-state index in [2.05, 4.69) is 36.6 Å². The minimum atomic E-state index is -1.59. The van der Waals surface area contributed by atoms with Crippen molar-refractivity contribution in [1.82, 2.24) is 41.3 Å². The Labute approximate surface area is 508 Å². The molecule has 3 fully saturated rings. The molecule has 0 spiro atoms. The highest BCUT2D eigenvalue weighted by Gasteiger charge is 2.44. The van der Waals surface area contributed by atoms with Gasteiger partial charge in [0.05, 0.1) is 19.2 Å². The van der Waals surface area contributed by atoms with Crippen LogP contribution in [0.15, 0.2) is 70.6 Å². The van der Waals surface area contributed by atoms with Gasteiger partial charge in [0.1, 0.15) is 42.3 Å². The SMILES string of the molecule is CC(=O)O.CC(=O)O.CC(=O)O.NC(N)=NCCCC(N)C(=O)N1CCCC1C(=O)N1CCCC1C(=O)NCC(=O)NC(Cc1ccccc1)C(=O)NC(CO)C(=O)N1CCCC1C(=O)NC(Cc1ccccc1)C(=O)NC(CCCN=C(N)N)C(=O)O. The third-order valence-corrected chi connectivity index (χ3v) is 13.4. The molecule has 0 radical (unpaired) electrons. The summed E-state index contributed by atoms with van der Waals surface area (Å²) in [7, 11) is 0. The lowest BCUT2D eigenvalue weighted by atomic mass is 10.0. The van der Waals surface area contributed by atoms with Gasteiger partial charge in [-0.3, -0.25) is 62.7 Å². The van der Waals surface area contributed by atoms with Gasteiger partial charge in [0, 0.05) is 66.3 Å². The molecule has 2 aromatic carbocycles. The smallest absolute Gasteiger partial charge is 0.326 e. The highest BCUT2D eigenvalue weighted by Crippen LogP contribution is 2.26. The first-order chi connectivity index (χ1) is 41.6. The average Bonchev–Trinajstić information content (AvgIpc) is 3.90. The number of guanidine groups is 2. The predicted octanol–water partition coefficient (Wildman–Crippen LogP) is -3.72. The summed E-state index contributed by atoms with van der Waals surface area (Å²) < 4.78 is 0. The Bertz CT molecular complexity index is 2690. The molecule has 8 unspecified atom stereocenters. The van der Waals surface area contributed by atoms with E-state index in [1.165, 1.54) is 14.7 Å². The molecule has 3 aliphatic rings. The van der Waals surface area contributed by atoms with Crippen molar-refractivity contribution in [2.75, 3.05) is 45.9 Å². The standard InChI is InChI=1S/C50H73N15O11.3C2H4O2/c51-32(16-7-21-56-49(52)53)45(72)65-25-11-20-39(65)47(74)64-24-9-18-37(64)43(70)58-28-40(67)59-34(26-30-12-3-1-4-13-30)41(68)62-36(29-66)46(73)63-23-10-19-38(63)44(71)61-35(27-31-14-5-2-6-15-31)42(69)60-33(48(75)76)17-8-22-57-50(54)55;3*1-2(3)4/h1-6,12-15,32-39,66H,7-11,16-29,51H2,(H,58,70)(H,59,67)(H,60,69)(H,61,71)(H,62,68)(H,75,76)(H4,52,53,56)(H4,54,55,57);3*1H3,(H,3,4). The van der Waals surface area contributed by atoms with Gasteiger partial charge in [-0.25, -0.2) is 4.79 Å². The zero-order valence-electron chi connectivity index (χ0n) is 49.6. The number of benzene rings is 2. The van der Waals surface area contributed by atoms with Gasteiger partial charge in [0.25, 0.3) is 17.9 Å². The number of aliphatic hydroxyl groups excluding tert-OH is 1. The molecule has 486 valence electrons. The van der Waals surface area contributed by atoms with Gasteiger partial charge >= 0.3 is 5.97 Å². The fourth-order valence-electron chi connectivity index (χ4n) is 9.55. The van der Waals surface area contributed by atoms with Crippen LogP contribution in [-0.4, -0.2) is 217 Å². The molecule has 8 atom stereocenters. The summed E-state index contributed by atoms with van der Waals surface area (Å²) >= 11 is 0. The minimum absolute atomic E-state index is 0.0209. The molecule has 20 N–H and O–H groups in total. The Hall–Kier alpha value is -9.46. The quantitative estimate of drug-likeness (QED) is 0.0232. The van der Waals surface area contributed by atoms with Gasteiger partial charge < -0.3 is 95.5 Å². The average molecular weight is 1240 g/mol. The monoisotopic (exact) mass is 1240 g/mol. The number of aliphatic hydroxyl groups is 1. The van der Waals surface area contributed by atoms with Gasteiger partial charge in [-0.2, -0.15) is 0 Å². The van der Waals surface area contributed by atoms with Gasteiger partial charge in [-0.15, -0.1) is 0 Å². The van der Waals surface area contributed by atoms with Crippen LogP contribution in [0.3, 0.4) is 0 Å². The molecule has 32 heteroatoms. The zero-order valence-corrected chi connectivity index (χ0v) is 49.6. The second kappa shape index (κ2) is 39.3. The van der Waals surface area contributed by atoms with Crippen molar-refractivity contribution in [2.24, 2.45) is 38.7 Å². The number of rotatable bonds is 27. The summed E-state index contributed by atoms with van der Waals surface area (Å²) in [6, 6.07) is 8.00. The number of aliphatic imine (C=N–C) groups is 2. The van der Waals surface area contributed by atoms with E-state index in [9.17, 15) is 53.4 Å². The van der Waals surface area contributed by atoms with Crippen LogP contribution in [0.5, 0.6) is 0 Å². The van der Waals surface area contributed by atoms with Crippen molar-refractivity contribution in [2.45, 2.75) is 146 Å². The number of hydrogen-bond donors (Lipinski definition) is 15. The Morgan fingerprint density at radius 2 is 0.943 bits per heavy atom. The fourth-order valence-corrected chi connectivity index (χ4v) is 9.55. The number of likely N-dealkylation sites (tertiary alicyclic amines) is 3. The molecule has 3 heterocycles. The lowest BCUT2D eigenvalue weighted by molar-refractivity contribution is -0.147. The van der Waals surface area contributed by atoms with E-state index in [0.717, 1.165) is 20.8 Å². The van der Waals surface area contributed by atoms with Gasteiger partial charge in [-0.1, -0.05) is 60.7 Å². The number of nitrogens with one attached hydrogen (secondary N) is 5. The Kier molecular flexibility index (Phi) is 33.3. The normalized spacial score (nSPS) is 17.2. The van der Waals surface area contributed by atoms with Crippen molar-refractivity contribution in [3.63, 3.8) is 0 Å². The summed E-state index contributed by atoms with van der Waals surface area (Å²) in [5.74, 6) is -9.43. The molecule has 0 saturated carbocycles. The zero-order chi connectivity index (χ0) is 66.0. The summed E-state index contributed by atoms with van der Waals surface area (Å²) in [6.45, 7) is 2.81. The Balaban J connectivity index is 0.00000201. The maximum atomic E-state index is 14.1. The Morgan fingerprint density at radius 1 is 0.534 bits per heavy atom. The van der Waals surface area contributed by atoms with Crippen molar-refractivity contribution in [1.29, 1.82) is 0 Å². The lowest BCUT2D eigenvalue weighted by Gasteiger charge is -2.32. The molecule has 3 saturated heterocycles. The van der Waals surface area contributed by atoms with E-state index >= 15 is 0 Å². The van der Waals surface area contributed by atoms with E-state index in [1.807, 2.05) is 0 Å². The molecule has 88 heavy (non-hydrogen) atoms. The number of hydrogen-bond acceptors (Lipinski definition) is 16. The second-order valence-electron chi connectivity index (χ2n) is 20.6. The van der Waals surface area contributed by atoms with E-state index in [-0.39, 0.29) is 69.6 Å². The Morgan fingerprint density at radius 3 is 1.40 bits per heavy atom. The molecule has 2 aromatic rings. The van der Waals surface area contributed by atoms with Crippen molar-refractivity contribution in [3.05, 3.63) is 71.8 Å². The molecule has 8 amide bonds. The van der Waals surface area contributed by atoms with E-state index in [1.54, 1.807) is 60.7 Å². The number of carbonyl (C=O) groups is 12. The van der Waals surface area contributed by atoms with E-state index < -0.39 is 127 Å². The molecular formula is C56H85N15O17. The third-order valence-electron chi connectivity index (χ3n) is 13.4. The first kappa shape index (κ1) is 74.6. The molecule has 3 aliphatic heterocycles. The van der Waals surface area contributed by atoms with E-state index in [4.69, 9.17) is 58.4 Å². The predicted molar refractivity (Wildman–Crippen MR) is 318 cm³/mol. The van der Waals surface area contributed by atoms with Crippen LogP contribution in [0.1, 0.15) is 96.1 Å².